The second kappa shape index (κ2) is 6.97. The summed E-state index contributed by atoms with van der Waals surface area (Å²) in [5, 5.41) is 0. The molecule has 0 amide bonds. The fraction of sp³-hybridized carbons (Fsp3) is 0.714. The van der Waals surface area contributed by atoms with Gasteiger partial charge in [-0.05, 0) is 43.9 Å². The Hall–Kier alpha value is -1.58. The third-order valence-electron chi connectivity index (χ3n) is 6.45. The molecule has 6 atom stereocenters. The van der Waals surface area contributed by atoms with Crippen molar-refractivity contribution in [2.45, 2.75) is 58.0 Å². The van der Waals surface area contributed by atoms with Crippen molar-refractivity contribution in [3.05, 3.63) is 23.8 Å². The number of carbonyl (C=O) groups is 2. The lowest BCUT2D eigenvalue weighted by molar-refractivity contribution is -0.158. The first kappa shape index (κ1) is 16.9. The van der Waals surface area contributed by atoms with Crippen molar-refractivity contribution in [3.8, 4) is 0 Å². The zero-order valence-corrected chi connectivity index (χ0v) is 15.0. The summed E-state index contributed by atoms with van der Waals surface area (Å²) in [6.45, 7) is 2.66. The Morgan fingerprint density at radius 1 is 1.12 bits per heavy atom. The molecule has 0 aromatic rings. The van der Waals surface area contributed by atoms with Crippen LogP contribution in [0.5, 0.6) is 0 Å². The van der Waals surface area contributed by atoms with Gasteiger partial charge < -0.3 is 9.47 Å². The summed E-state index contributed by atoms with van der Waals surface area (Å²) >= 11 is 0. The lowest BCUT2D eigenvalue weighted by atomic mass is 9.86. The van der Waals surface area contributed by atoms with E-state index >= 15 is 0 Å². The highest BCUT2D eigenvalue weighted by Crippen LogP contribution is 2.50. The molecule has 0 aliphatic heterocycles. The molecule has 4 aliphatic rings. The fourth-order valence-corrected chi connectivity index (χ4v) is 5.18. The number of unbranched alkanes of at least 4 members (excludes halogenated alkanes) is 2. The number of ether oxygens (including phenoxy) is 2. The third kappa shape index (κ3) is 3.28. The van der Waals surface area contributed by atoms with Crippen LogP contribution in [0.25, 0.3) is 0 Å². The lowest BCUT2D eigenvalue weighted by Crippen LogP contribution is -2.35. The van der Waals surface area contributed by atoms with E-state index in [1.165, 1.54) is 0 Å². The average Bonchev–Trinajstić information content (AvgIpc) is 3.37. The molecule has 4 aliphatic carbocycles. The first-order valence-corrected chi connectivity index (χ1v) is 9.93. The van der Waals surface area contributed by atoms with Crippen LogP contribution < -0.4 is 0 Å². The Morgan fingerprint density at radius 2 is 2.00 bits per heavy atom. The summed E-state index contributed by atoms with van der Waals surface area (Å²) in [5.74, 6) is 1.00. The minimum Gasteiger partial charge on any atom is -0.465 e. The third-order valence-corrected chi connectivity index (χ3v) is 6.45. The van der Waals surface area contributed by atoms with E-state index in [4.69, 9.17) is 9.47 Å². The molecule has 4 heteroatoms. The van der Waals surface area contributed by atoms with Crippen molar-refractivity contribution in [1.82, 2.24) is 0 Å². The maximum Gasteiger partial charge on any atom is 0.334 e. The van der Waals surface area contributed by atoms with Crippen LogP contribution in [0.15, 0.2) is 23.8 Å². The first-order chi connectivity index (χ1) is 12.2. The molecular weight excluding hydrogens is 316 g/mol. The Kier molecular flexibility index (Phi) is 4.70. The molecule has 0 aromatic heterocycles. The molecule has 0 N–H and O–H groups in total. The zero-order valence-electron chi connectivity index (χ0n) is 15.0. The largest absolute Gasteiger partial charge is 0.465 e. The summed E-state index contributed by atoms with van der Waals surface area (Å²) in [5.41, 5.74) is 0.828. The number of hydrogen-bond donors (Lipinski definition) is 0. The molecule has 4 rings (SSSR count). The molecule has 0 spiro atoms. The molecule has 136 valence electrons. The molecule has 0 saturated heterocycles. The Labute approximate surface area is 149 Å². The Balaban J connectivity index is 1.31. The van der Waals surface area contributed by atoms with Gasteiger partial charge in [-0.1, -0.05) is 38.0 Å². The first-order valence-electron chi connectivity index (χ1n) is 9.93. The molecule has 0 radical (unpaired) electrons. The van der Waals surface area contributed by atoms with E-state index in [0.717, 1.165) is 50.5 Å². The number of fused-ring (bicyclic) bond motifs is 4. The van der Waals surface area contributed by atoms with Crippen LogP contribution in [0.3, 0.4) is 0 Å². The van der Waals surface area contributed by atoms with Crippen LogP contribution in [0.4, 0.5) is 0 Å². The van der Waals surface area contributed by atoms with E-state index < -0.39 is 0 Å². The van der Waals surface area contributed by atoms with Crippen molar-refractivity contribution in [2.24, 2.45) is 29.6 Å². The number of carbonyl (C=O) groups excluding carboxylic acids is 2. The molecule has 4 bridgehead atoms. The molecule has 0 aromatic carbocycles. The summed E-state index contributed by atoms with van der Waals surface area (Å²) < 4.78 is 11.3. The number of allylic oxidation sites excluding steroid dienone is 3. The molecule has 2 fully saturated rings. The maximum atomic E-state index is 12.5. The summed E-state index contributed by atoms with van der Waals surface area (Å²) in [6, 6.07) is 0. The van der Waals surface area contributed by atoms with Crippen LogP contribution in [0, 0.1) is 29.6 Å². The van der Waals surface area contributed by atoms with Gasteiger partial charge in [0.25, 0.3) is 0 Å². The van der Waals surface area contributed by atoms with Gasteiger partial charge in [0.1, 0.15) is 6.10 Å². The highest BCUT2D eigenvalue weighted by Gasteiger charge is 2.51. The van der Waals surface area contributed by atoms with Gasteiger partial charge >= 0.3 is 11.9 Å². The summed E-state index contributed by atoms with van der Waals surface area (Å²) in [6.07, 6.45) is 13.2. The van der Waals surface area contributed by atoms with E-state index in [2.05, 4.69) is 25.2 Å². The number of esters is 2. The van der Waals surface area contributed by atoms with Crippen LogP contribution in [0.2, 0.25) is 0 Å². The number of rotatable bonds is 7. The smallest absolute Gasteiger partial charge is 0.334 e. The Morgan fingerprint density at radius 3 is 2.68 bits per heavy atom. The van der Waals surface area contributed by atoms with Crippen molar-refractivity contribution in [2.75, 3.05) is 6.61 Å². The lowest BCUT2D eigenvalue weighted by Gasteiger charge is -2.28. The van der Waals surface area contributed by atoms with Gasteiger partial charge in [-0.15, -0.1) is 0 Å². The van der Waals surface area contributed by atoms with Gasteiger partial charge in [-0.25, -0.2) is 4.79 Å². The summed E-state index contributed by atoms with van der Waals surface area (Å²) in [4.78, 5) is 25.0. The van der Waals surface area contributed by atoms with Gasteiger partial charge in [0.2, 0.25) is 0 Å². The van der Waals surface area contributed by atoms with Crippen LogP contribution >= 0.6 is 0 Å². The van der Waals surface area contributed by atoms with Crippen molar-refractivity contribution >= 4 is 11.9 Å². The van der Waals surface area contributed by atoms with Crippen LogP contribution in [-0.2, 0) is 19.1 Å². The second-order valence-electron chi connectivity index (χ2n) is 8.17. The van der Waals surface area contributed by atoms with Crippen molar-refractivity contribution in [1.29, 1.82) is 0 Å². The fourth-order valence-electron chi connectivity index (χ4n) is 5.18. The van der Waals surface area contributed by atoms with Crippen molar-refractivity contribution in [3.63, 3.8) is 0 Å². The van der Waals surface area contributed by atoms with Gasteiger partial charge in [0.05, 0.1) is 12.5 Å². The van der Waals surface area contributed by atoms with Gasteiger partial charge in [-0.2, -0.15) is 0 Å². The zero-order chi connectivity index (χ0) is 17.4. The quantitative estimate of drug-likeness (QED) is 0.400. The maximum absolute atomic E-state index is 12.5. The monoisotopic (exact) mass is 344 g/mol. The molecule has 2 saturated carbocycles. The normalized spacial score (nSPS) is 37.4. The van der Waals surface area contributed by atoms with Crippen LogP contribution in [0.1, 0.15) is 51.9 Å². The SMILES string of the molecule is CCCCCOC(=O)C1CC2CC(OC(=O)C3=CC4C=CC3C4)C1C2. The predicted molar refractivity (Wildman–Crippen MR) is 93.5 cm³/mol. The van der Waals surface area contributed by atoms with Crippen LogP contribution in [-0.4, -0.2) is 24.6 Å². The molecular formula is C21H28O4. The molecule has 0 heterocycles. The number of hydrogen-bond acceptors (Lipinski definition) is 4. The van der Waals surface area contributed by atoms with E-state index in [1.54, 1.807) is 0 Å². The minimum absolute atomic E-state index is 0.0768. The molecule has 6 unspecified atom stereocenters. The van der Waals surface area contributed by atoms with Crippen molar-refractivity contribution < 1.29 is 19.1 Å². The Bertz CT molecular complexity index is 605. The highest BCUT2D eigenvalue weighted by molar-refractivity contribution is 5.91. The van der Waals surface area contributed by atoms with Gasteiger partial charge in [-0.3, -0.25) is 4.79 Å². The summed E-state index contributed by atoms with van der Waals surface area (Å²) in [7, 11) is 0. The van der Waals surface area contributed by atoms with E-state index in [1.807, 2.05) is 0 Å². The van der Waals surface area contributed by atoms with Gasteiger partial charge in [0.15, 0.2) is 0 Å². The van der Waals surface area contributed by atoms with E-state index in [0.29, 0.717) is 18.4 Å². The topological polar surface area (TPSA) is 52.6 Å². The standard InChI is InChI=1S/C21H28O4/c1-2-3-4-7-24-20(22)18-11-14-10-17(18)19(12-14)25-21(23)16-9-13-5-6-15(16)8-13/h5-6,9,13-15,17-19H,2-4,7-8,10-12H2,1H3. The van der Waals surface area contributed by atoms with E-state index in [-0.39, 0.29) is 35.8 Å². The highest BCUT2D eigenvalue weighted by atomic mass is 16.5. The molecule has 4 nitrogen and oxygen atoms in total. The average molecular weight is 344 g/mol. The molecule has 25 heavy (non-hydrogen) atoms. The van der Waals surface area contributed by atoms with Gasteiger partial charge in [0, 0.05) is 17.4 Å². The predicted octanol–water partition coefficient (Wildman–Crippen LogP) is 3.81. The minimum atomic E-state index is -0.163. The second-order valence-corrected chi connectivity index (χ2v) is 8.17. The van der Waals surface area contributed by atoms with E-state index in [9.17, 15) is 9.59 Å².